The second-order valence-electron chi connectivity index (χ2n) is 1.28. The number of nitrogens with zero attached hydrogens (tertiary/aromatic N) is 5. The molecule has 7 nitrogen and oxygen atoms in total. The quantitative estimate of drug-likeness (QED) is 0.503. The maximum Gasteiger partial charge on any atom is 0.327 e. The van der Waals surface area contributed by atoms with E-state index in [1.807, 2.05) is 0 Å². The molecule has 1 rings (SSSR count). The molecule has 9 heavy (non-hydrogen) atoms. The highest BCUT2D eigenvalue weighted by Crippen LogP contribution is 1.70. The predicted octanol–water partition coefficient (Wildman–Crippen LogP) is -1.85. The van der Waals surface area contributed by atoms with E-state index in [1.54, 1.807) is 0 Å². The van der Waals surface area contributed by atoms with Crippen LogP contribution in [0.2, 0.25) is 0 Å². The average Bonchev–Trinajstić information content (AvgIpc) is 2.15. The summed E-state index contributed by atoms with van der Waals surface area (Å²) >= 11 is 0. The number of carboxylic acids is 1. The number of aromatic nitrogens is 5. The van der Waals surface area contributed by atoms with Crippen LogP contribution in [0.5, 0.6) is 0 Å². The number of carboxylic acid groups (broad SMARTS) is 1. The van der Waals surface area contributed by atoms with Gasteiger partial charge >= 0.3 is 5.97 Å². The third-order valence-corrected chi connectivity index (χ3v) is 0.603. The van der Waals surface area contributed by atoms with Crippen molar-refractivity contribution in [3.63, 3.8) is 0 Å². The van der Waals surface area contributed by atoms with Gasteiger partial charge in [-0.2, -0.15) is 0 Å². The van der Waals surface area contributed by atoms with E-state index in [0.717, 1.165) is 4.80 Å². The molecule has 0 unspecified atom stereocenters. The van der Waals surface area contributed by atoms with Crippen LogP contribution in [0.15, 0.2) is 0 Å². The lowest BCUT2D eigenvalue weighted by Gasteiger charge is -1.85. The Morgan fingerprint density at radius 3 is 2.44 bits per heavy atom. The Balaban J connectivity index is 2.58. The molecule has 0 radical (unpaired) electrons. The topological polar surface area (TPSA) is 93.8 Å². The predicted molar refractivity (Wildman–Crippen MR) is 23.2 cm³/mol. The van der Waals surface area contributed by atoms with Gasteiger partial charge in [-0.25, -0.2) is 0 Å². The van der Waals surface area contributed by atoms with E-state index in [1.165, 1.54) is 0 Å². The van der Waals surface area contributed by atoms with Gasteiger partial charge in [-0.1, -0.05) is 0 Å². The lowest BCUT2D eigenvalue weighted by molar-refractivity contribution is -0.138. The van der Waals surface area contributed by atoms with Crippen LogP contribution < -0.4 is 0 Å². The molecule has 48 valence electrons. The molecule has 0 atom stereocenters. The van der Waals surface area contributed by atoms with Crippen molar-refractivity contribution < 1.29 is 9.90 Å². The Labute approximate surface area is 49.3 Å². The van der Waals surface area contributed by atoms with E-state index in [4.69, 9.17) is 5.11 Å². The van der Waals surface area contributed by atoms with Gasteiger partial charge < -0.3 is 5.11 Å². The minimum Gasteiger partial charge on any atom is -0.480 e. The lowest BCUT2D eigenvalue weighted by Crippen LogP contribution is -2.11. The zero-order valence-corrected chi connectivity index (χ0v) is 4.30. The van der Waals surface area contributed by atoms with E-state index < -0.39 is 5.97 Å². The minimum absolute atomic E-state index is 0.299. The van der Waals surface area contributed by atoms with Gasteiger partial charge in [0.15, 0.2) is 6.54 Å². The highest BCUT2D eigenvalue weighted by atomic mass is 16.4. The maximum atomic E-state index is 9.91. The van der Waals surface area contributed by atoms with Crippen molar-refractivity contribution in [3.8, 4) is 0 Å². The Morgan fingerprint density at radius 2 is 2.00 bits per heavy atom. The summed E-state index contributed by atoms with van der Waals surface area (Å²) in [7, 11) is 0. The fourth-order valence-corrected chi connectivity index (χ4v) is 0.330. The molecule has 1 aromatic heterocycles. The van der Waals surface area contributed by atoms with Crippen LogP contribution in [-0.2, 0) is 11.3 Å². The molecular formula is C2H3N5O2. The summed E-state index contributed by atoms with van der Waals surface area (Å²) in [5.74, 6) is -1.02. The van der Waals surface area contributed by atoms with Crippen LogP contribution in [0.25, 0.3) is 0 Å². The van der Waals surface area contributed by atoms with E-state index >= 15 is 0 Å². The van der Waals surface area contributed by atoms with Crippen molar-refractivity contribution in [2.24, 2.45) is 0 Å². The lowest BCUT2D eigenvalue weighted by atomic mass is 10.7. The van der Waals surface area contributed by atoms with Crippen molar-refractivity contribution in [1.82, 2.24) is 25.7 Å². The van der Waals surface area contributed by atoms with Gasteiger partial charge in [-0.15, -0.1) is 4.80 Å². The summed E-state index contributed by atoms with van der Waals surface area (Å²) in [5.41, 5.74) is 0. The van der Waals surface area contributed by atoms with E-state index in [-0.39, 0.29) is 6.54 Å². The van der Waals surface area contributed by atoms with E-state index in [0.29, 0.717) is 0 Å². The molecule has 0 fully saturated rings. The molecule has 7 heteroatoms. The van der Waals surface area contributed by atoms with Crippen LogP contribution in [0, 0.1) is 0 Å². The first-order chi connectivity index (χ1) is 4.29. The number of hydrogen-bond acceptors (Lipinski definition) is 5. The van der Waals surface area contributed by atoms with Gasteiger partial charge in [-0.05, 0) is 20.9 Å². The smallest absolute Gasteiger partial charge is 0.327 e. The highest BCUT2D eigenvalue weighted by molar-refractivity contribution is 5.66. The van der Waals surface area contributed by atoms with Gasteiger partial charge in [-0.3, -0.25) is 4.79 Å². The summed E-state index contributed by atoms with van der Waals surface area (Å²) in [4.78, 5) is 10.8. The standard InChI is InChI=1S/C2H3N5O2/c8-2(9)1-7-5-3-4-6-7/h1H2,(H,8,9). The van der Waals surface area contributed by atoms with Crippen LogP contribution in [-0.4, -0.2) is 36.7 Å². The molecule has 1 N–H and O–H groups in total. The number of aliphatic carboxylic acids is 1. The summed E-state index contributed by atoms with van der Waals surface area (Å²) < 4.78 is 0. The zero-order chi connectivity index (χ0) is 6.69. The summed E-state index contributed by atoms with van der Waals surface area (Å²) in [6, 6.07) is 0. The second-order valence-corrected chi connectivity index (χ2v) is 1.28. The molecule has 0 spiro atoms. The average molecular weight is 129 g/mol. The molecule has 0 saturated carbocycles. The number of hydrogen-bond donors (Lipinski definition) is 1. The van der Waals surface area contributed by atoms with Crippen molar-refractivity contribution in [2.45, 2.75) is 6.54 Å². The van der Waals surface area contributed by atoms with Crippen molar-refractivity contribution >= 4 is 5.97 Å². The molecule has 0 aliphatic carbocycles. The molecule has 1 aromatic rings. The van der Waals surface area contributed by atoms with Crippen molar-refractivity contribution in [3.05, 3.63) is 0 Å². The highest BCUT2D eigenvalue weighted by Gasteiger charge is 1.99. The Bertz CT molecular complexity index is 193. The van der Waals surface area contributed by atoms with E-state index in [2.05, 4.69) is 20.9 Å². The molecule has 0 aliphatic rings. The second kappa shape index (κ2) is 2.16. The molecule has 1 heterocycles. The van der Waals surface area contributed by atoms with Crippen LogP contribution in [0.3, 0.4) is 0 Å². The summed E-state index contributed by atoms with van der Waals surface area (Å²) in [5, 5.41) is 20.7. The number of carbonyl (C=O) groups is 1. The fourth-order valence-electron chi connectivity index (χ4n) is 0.330. The van der Waals surface area contributed by atoms with Crippen LogP contribution in [0.4, 0.5) is 0 Å². The third-order valence-electron chi connectivity index (χ3n) is 0.603. The Hall–Kier alpha value is -1.53. The monoisotopic (exact) mass is 129 g/mol. The zero-order valence-electron chi connectivity index (χ0n) is 4.30. The first-order valence-electron chi connectivity index (χ1n) is 2.10. The van der Waals surface area contributed by atoms with Crippen molar-refractivity contribution in [2.75, 3.05) is 0 Å². The van der Waals surface area contributed by atoms with Gasteiger partial charge in [0.2, 0.25) is 0 Å². The van der Waals surface area contributed by atoms with Gasteiger partial charge in [0.05, 0.1) is 0 Å². The van der Waals surface area contributed by atoms with Crippen LogP contribution in [0.1, 0.15) is 0 Å². The Kier molecular flexibility index (Phi) is 1.34. The first kappa shape index (κ1) is 5.60. The minimum atomic E-state index is -1.02. The largest absolute Gasteiger partial charge is 0.480 e. The summed E-state index contributed by atoms with van der Waals surface area (Å²) in [6.45, 7) is -0.299. The normalized spacial score (nSPS) is 9.33. The Morgan fingerprint density at radius 1 is 1.44 bits per heavy atom. The molecule has 0 saturated heterocycles. The van der Waals surface area contributed by atoms with Crippen molar-refractivity contribution in [1.29, 1.82) is 0 Å². The van der Waals surface area contributed by atoms with E-state index in [9.17, 15) is 4.79 Å². The number of rotatable bonds is 2. The van der Waals surface area contributed by atoms with Gasteiger partial charge in [0, 0.05) is 0 Å². The molecule has 0 aromatic carbocycles. The molecule has 0 bridgehead atoms. The molecular weight excluding hydrogens is 126 g/mol. The van der Waals surface area contributed by atoms with Gasteiger partial charge in [0.1, 0.15) is 0 Å². The van der Waals surface area contributed by atoms with Gasteiger partial charge in [0.25, 0.3) is 0 Å². The molecule has 0 aliphatic heterocycles. The fraction of sp³-hybridized carbons (Fsp3) is 0.500. The summed E-state index contributed by atoms with van der Waals surface area (Å²) in [6.07, 6.45) is 0. The van der Waals surface area contributed by atoms with Crippen LogP contribution >= 0.6 is 0 Å². The third kappa shape index (κ3) is 1.44. The molecule has 0 amide bonds. The SMILES string of the molecule is O=C(O)Cn1nnnn1. The maximum absolute atomic E-state index is 9.91. The first-order valence-corrected chi connectivity index (χ1v) is 2.10.